The van der Waals surface area contributed by atoms with Crippen LogP contribution >= 0.6 is 0 Å². The van der Waals surface area contributed by atoms with Gasteiger partial charge in [0.2, 0.25) is 0 Å². The van der Waals surface area contributed by atoms with Crippen molar-refractivity contribution in [3.63, 3.8) is 0 Å². The summed E-state index contributed by atoms with van der Waals surface area (Å²) in [5, 5.41) is 0. The molecule has 1 saturated heterocycles. The molecular weight excluding hydrogens is 334 g/mol. The second-order valence-corrected chi connectivity index (χ2v) is 7.68. The second kappa shape index (κ2) is 9.18. The van der Waals surface area contributed by atoms with Crippen LogP contribution in [0.5, 0.6) is 5.75 Å². The molecule has 0 saturated carbocycles. The van der Waals surface area contributed by atoms with Gasteiger partial charge in [-0.15, -0.1) is 0 Å². The van der Waals surface area contributed by atoms with Crippen molar-refractivity contribution in [2.75, 3.05) is 26.7 Å². The standard InChI is InChI=1S/C24H31NO2/c1-3-14-24(21-11-7-12-22(18-21)27-2)15-17-25(19-24)16-8-13-23(26)20-9-5-4-6-10-20/h4-7,9-12,18H,3,8,13-17,19H2,1-2H3. The molecule has 0 aliphatic carbocycles. The normalized spacial score (nSPS) is 19.9. The van der Waals surface area contributed by atoms with Crippen LogP contribution in [0.2, 0.25) is 0 Å². The van der Waals surface area contributed by atoms with E-state index >= 15 is 0 Å². The average Bonchev–Trinajstić information content (AvgIpc) is 3.13. The van der Waals surface area contributed by atoms with E-state index in [4.69, 9.17) is 4.74 Å². The van der Waals surface area contributed by atoms with Crippen LogP contribution in [0.3, 0.4) is 0 Å². The molecule has 1 unspecified atom stereocenters. The van der Waals surface area contributed by atoms with Gasteiger partial charge in [0, 0.05) is 23.9 Å². The molecule has 3 heteroatoms. The molecule has 1 aliphatic rings. The largest absolute Gasteiger partial charge is 0.497 e. The van der Waals surface area contributed by atoms with Crippen molar-refractivity contribution in [3.05, 3.63) is 65.7 Å². The first kappa shape index (κ1) is 19.6. The van der Waals surface area contributed by atoms with E-state index in [-0.39, 0.29) is 11.2 Å². The summed E-state index contributed by atoms with van der Waals surface area (Å²) in [6.07, 6.45) is 5.10. The highest BCUT2D eigenvalue weighted by Crippen LogP contribution is 2.40. The Morgan fingerprint density at radius 3 is 2.70 bits per heavy atom. The SMILES string of the molecule is CCCC1(c2cccc(OC)c2)CCN(CCCC(=O)c2ccccc2)C1. The fourth-order valence-electron chi connectivity index (χ4n) is 4.40. The number of methoxy groups -OCH3 is 1. The van der Waals surface area contributed by atoms with Crippen LogP contribution in [-0.4, -0.2) is 37.4 Å². The Labute approximate surface area is 163 Å². The molecule has 0 amide bonds. The smallest absolute Gasteiger partial charge is 0.162 e. The molecule has 3 nitrogen and oxygen atoms in total. The lowest BCUT2D eigenvalue weighted by Crippen LogP contribution is -2.31. The number of rotatable bonds is 9. The predicted octanol–water partition coefficient (Wildman–Crippen LogP) is 5.10. The zero-order chi connectivity index (χ0) is 19.1. The minimum Gasteiger partial charge on any atom is -0.497 e. The van der Waals surface area contributed by atoms with E-state index in [2.05, 4.69) is 30.0 Å². The molecule has 0 spiro atoms. The molecule has 0 aromatic heterocycles. The Balaban J connectivity index is 1.58. The fraction of sp³-hybridized carbons (Fsp3) is 0.458. The molecule has 0 bridgehead atoms. The van der Waals surface area contributed by atoms with Gasteiger partial charge in [0.1, 0.15) is 5.75 Å². The molecule has 27 heavy (non-hydrogen) atoms. The van der Waals surface area contributed by atoms with E-state index in [0.29, 0.717) is 6.42 Å². The molecule has 2 aromatic rings. The number of ketones is 1. The van der Waals surface area contributed by atoms with E-state index in [9.17, 15) is 4.79 Å². The summed E-state index contributed by atoms with van der Waals surface area (Å²) in [4.78, 5) is 14.8. The maximum absolute atomic E-state index is 12.3. The monoisotopic (exact) mass is 365 g/mol. The Bertz CT molecular complexity index is 743. The maximum Gasteiger partial charge on any atom is 0.162 e. The number of Topliss-reactive ketones (excluding diaryl/α,β-unsaturated/α-hetero) is 1. The van der Waals surface area contributed by atoms with Crippen LogP contribution in [-0.2, 0) is 5.41 Å². The summed E-state index contributed by atoms with van der Waals surface area (Å²) in [6.45, 7) is 5.45. The summed E-state index contributed by atoms with van der Waals surface area (Å²) in [5.74, 6) is 1.19. The van der Waals surface area contributed by atoms with Crippen LogP contribution in [0, 0.1) is 0 Å². The zero-order valence-electron chi connectivity index (χ0n) is 16.6. The minimum absolute atomic E-state index is 0.215. The van der Waals surface area contributed by atoms with Crippen molar-refractivity contribution in [1.29, 1.82) is 0 Å². The van der Waals surface area contributed by atoms with Gasteiger partial charge < -0.3 is 9.64 Å². The van der Waals surface area contributed by atoms with Gasteiger partial charge in [0.05, 0.1) is 7.11 Å². The van der Waals surface area contributed by atoms with Gasteiger partial charge in [-0.1, -0.05) is 55.8 Å². The van der Waals surface area contributed by atoms with Gasteiger partial charge in [-0.05, 0) is 50.0 Å². The van der Waals surface area contributed by atoms with Gasteiger partial charge in [-0.3, -0.25) is 4.79 Å². The predicted molar refractivity (Wildman–Crippen MR) is 111 cm³/mol. The third kappa shape index (κ3) is 4.78. The van der Waals surface area contributed by atoms with Crippen molar-refractivity contribution in [3.8, 4) is 5.75 Å². The van der Waals surface area contributed by atoms with Gasteiger partial charge in [0.25, 0.3) is 0 Å². The molecule has 0 N–H and O–H groups in total. The second-order valence-electron chi connectivity index (χ2n) is 7.68. The number of likely N-dealkylation sites (tertiary alicyclic amines) is 1. The molecule has 3 rings (SSSR count). The highest BCUT2D eigenvalue weighted by Gasteiger charge is 2.38. The van der Waals surface area contributed by atoms with E-state index < -0.39 is 0 Å². The highest BCUT2D eigenvalue weighted by molar-refractivity contribution is 5.95. The van der Waals surface area contributed by atoms with Crippen molar-refractivity contribution in [2.45, 2.75) is 44.4 Å². The first-order chi connectivity index (χ1) is 13.2. The third-order valence-electron chi connectivity index (χ3n) is 5.82. The van der Waals surface area contributed by atoms with Crippen LogP contribution in [0.4, 0.5) is 0 Å². The summed E-state index contributed by atoms with van der Waals surface area (Å²) in [5.41, 5.74) is 2.44. The number of ether oxygens (including phenoxy) is 1. The van der Waals surface area contributed by atoms with Crippen molar-refractivity contribution in [1.82, 2.24) is 4.90 Å². The van der Waals surface area contributed by atoms with Crippen molar-refractivity contribution < 1.29 is 9.53 Å². The molecule has 2 aromatic carbocycles. The lowest BCUT2D eigenvalue weighted by atomic mass is 9.76. The number of hydrogen-bond acceptors (Lipinski definition) is 3. The highest BCUT2D eigenvalue weighted by atomic mass is 16.5. The lowest BCUT2D eigenvalue weighted by molar-refractivity contribution is 0.0976. The van der Waals surface area contributed by atoms with Crippen LogP contribution in [0.1, 0.15) is 54.9 Å². The van der Waals surface area contributed by atoms with Crippen LogP contribution < -0.4 is 4.74 Å². The van der Waals surface area contributed by atoms with E-state index in [1.54, 1.807) is 7.11 Å². The van der Waals surface area contributed by atoms with Crippen LogP contribution in [0.15, 0.2) is 54.6 Å². The maximum atomic E-state index is 12.3. The van der Waals surface area contributed by atoms with Gasteiger partial charge >= 0.3 is 0 Å². The summed E-state index contributed by atoms with van der Waals surface area (Å²) < 4.78 is 5.45. The minimum atomic E-state index is 0.215. The van der Waals surface area contributed by atoms with Crippen LogP contribution in [0.25, 0.3) is 0 Å². The summed E-state index contributed by atoms with van der Waals surface area (Å²) >= 11 is 0. The number of nitrogens with zero attached hydrogens (tertiary/aromatic N) is 1. The Morgan fingerprint density at radius 2 is 1.96 bits per heavy atom. The Morgan fingerprint density at radius 1 is 1.15 bits per heavy atom. The Kier molecular flexibility index (Phi) is 6.68. The summed E-state index contributed by atoms with van der Waals surface area (Å²) in [6, 6.07) is 18.2. The molecule has 1 fully saturated rings. The Hall–Kier alpha value is -2.13. The van der Waals surface area contributed by atoms with Gasteiger partial charge in [-0.2, -0.15) is 0 Å². The number of benzene rings is 2. The quantitative estimate of drug-likeness (QED) is 0.579. The fourth-order valence-corrected chi connectivity index (χ4v) is 4.40. The molecule has 1 heterocycles. The molecule has 144 valence electrons. The van der Waals surface area contributed by atoms with Gasteiger partial charge in [-0.25, -0.2) is 0 Å². The zero-order valence-corrected chi connectivity index (χ0v) is 16.6. The summed E-state index contributed by atoms with van der Waals surface area (Å²) in [7, 11) is 1.73. The van der Waals surface area contributed by atoms with Gasteiger partial charge in [0.15, 0.2) is 5.78 Å². The lowest BCUT2D eigenvalue weighted by Gasteiger charge is -2.30. The first-order valence-corrected chi connectivity index (χ1v) is 10.1. The molecule has 1 atom stereocenters. The van der Waals surface area contributed by atoms with Crippen molar-refractivity contribution in [2.24, 2.45) is 0 Å². The molecular formula is C24H31NO2. The molecule has 1 aliphatic heterocycles. The number of hydrogen-bond donors (Lipinski definition) is 0. The van der Waals surface area contributed by atoms with E-state index in [1.807, 2.05) is 36.4 Å². The number of carbonyl (C=O) groups is 1. The third-order valence-corrected chi connectivity index (χ3v) is 5.82. The molecule has 0 radical (unpaired) electrons. The first-order valence-electron chi connectivity index (χ1n) is 10.1. The van der Waals surface area contributed by atoms with E-state index in [1.165, 1.54) is 24.8 Å². The number of carbonyl (C=O) groups excluding carboxylic acids is 1. The topological polar surface area (TPSA) is 29.5 Å². The average molecular weight is 366 g/mol. The van der Waals surface area contributed by atoms with E-state index in [0.717, 1.165) is 37.4 Å². The van der Waals surface area contributed by atoms with Crippen molar-refractivity contribution >= 4 is 5.78 Å².